The van der Waals surface area contributed by atoms with Crippen LogP contribution in [0.1, 0.15) is 82.3 Å². The Bertz CT molecular complexity index is 1090. The molecule has 0 fully saturated rings. The van der Waals surface area contributed by atoms with E-state index in [1.807, 2.05) is 60.7 Å². The molecule has 4 rings (SSSR count). The average molecular weight is 459 g/mol. The molecule has 2 aromatic heterocycles. The second kappa shape index (κ2) is 12.8. The summed E-state index contributed by atoms with van der Waals surface area (Å²) in [5.41, 5.74) is 1.85. The van der Waals surface area contributed by atoms with Crippen molar-refractivity contribution in [1.29, 1.82) is 0 Å². The summed E-state index contributed by atoms with van der Waals surface area (Å²) >= 11 is 0. The van der Waals surface area contributed by atoms with Gasteiger partial charge in [0.1, 0.15) is 0 Å². The van der Waals surface area contributed by atoms with Gasteiger partial charge in [-0.2, -0.15) is 9.97 Å². The predicted molar refractivity (Wildman–Crippen MR) is 133 cm³/mol. The van der Waals surface area contributed by atoms with Gasteiger partial charge < -0.3 is 9.05 Å². The summed E-state index contributed by atoms with van der Waals surface area (Å²) < 4.78 is 11.1. The van der Waals surface area contributed by atoms with Crippen LogP contribution in [0.4, 0.5) is 0 Å². The van der Waals surface area contributed by atoms with Crippen molar-refractivity contribution in [2.45, 2.75) is 77.0 Å². The lowest BCUT2D eigenvalue weighted by atomic mass is 9.96. The van der Waals surface area contributed by atoms with Crippen molar-refractivity contribution in [3.05, 3.63) is 72.3 Å². The molecule has 0 saturated carbocycles. The molecule has 0 bridgehead atoms. The van der Waals surface area contributed by atoms with Gasteiger partial charge in [0.05, 0.1) is 0 Å². The van der Waals surface area contributed by atoms with Crippen LogP contribution in [0.25, 0.3) is 22.9 Å². The highest BCUT2D eigenvalue weighted by atomic mass is 16.5. The van der Waals surface area contributed by atoms with Crippen molar-refractivity contribution >= 4 is 0 Å². The summed E-state index contributed by atoms with van der Waals surface area (Å²) in [6.07, 6.45) is 11.9. The van der Waals surface area contributed by atoms with Gasteiger partial charge in [0, 0.05) is 23.5 Å². The number of rotatable bonds is 14. The zero-order valence-electron chi connectivity index (χ0n) is 20.0. The Kier molecular flexibility index (Phi) is 9.00. The van der Waals surface area contributed by atoms with Crippen LogP contribution < -0.4 is 0 Å². The molecule has 34 heavy (non-hydrogen) atoms. The molecule has 0 aliphatic heterocycles. The molecule has 0 saturated heterocycles. The first-order chi connectivity index (χ1) is 16.8. The minimum Gasteiger partial charge on any atom is -0.334 e. The molecule has 178 valence electrons. The zero-order chi connectivity index (χ0) is 23.4. The van der Waals surface area contributed by atoms with E-state index in [0.29, 0.717) is 29.9 Å². The molecule has 1 atom stereocenters. The lowest BCUT2D eigenvalue weighted by Crippen LogP contribution is -2.07. The van der Waals surface area contributed by atoms with Crippen LogP contribution in [0.15, 0.2) is 69.7 Å². The molecule has 0 aliphatic rings. The highest BCUT2D eigenvalue weighted by Gasteiger charge is 2.22. The van der Waals surface area contributed by atoms with Crippen LogP contribution in [0.5, 0.6) is 0 Å². The molecule has 6 heteroatoms. The van der Waals surface area contributed by atoms with Crippen LogP contribution in [-0.2, 0) is 6.42 Å². The second-order valence-electron chi connectivity index (χ2n) is 8.87. The smallest absolute Gasteiger partial charge is 0.257 e. The van der Waals surface area contributed by atoms with E-state index in [1.165, 1.54) is 44.9 Å². The number of nitrogens with zero attached hydrogens (tertiary/aromatic N) is 4. The van der Waals surface area contributed by atoms with Crippen molar-refractivity contribution in [3.63, 3.8) is 0 Å². The molecular weight excluding hydrogens is 424 g/mol. The molecular formula is C28H34N4O2. The first-order valence-corrected chi connectivity index (χ1v) is 12.6. The topological polar surface area (TPSA) is 77.8 Å². The van der Waals surface area contributed by atoms with Gasteiger partial charge in [0.25, 0.3) is 11.8 Å². The van der Waals surface area contributed by atoms with Gasteiger partial charge in [-0.15, -0.1) is 0 Å². The average Bonchev–Trinajstić information content (AvgIpc) is 3.56. The summed E-state index contributed by atoms with van der Waals surface area (Å²) in [6.45, 7) is 2.26. The lowest BCUT2D eigenvalue weighted by molar-refractivity contribution is 0.400. The SMILES string of the molecule is CCCCCCCCCCC(Cc1noc(-c2ccccc2)n1)c1noc(-c2ccccc2)n1. The molecule has 6 nitrogen and oxygen atoms in total. The minimum absolute atomic E-state index is 0.0857. The highest BCUT2D eigenvalue weighted by molar-refractivity contribution is 5.52. The Morgan fingerprint density at radius 2 is 1.21 bits per heavy atom. The Morgan fingerprint density at radius 3 is 1.85 bits per heavy atom. The van der Waals surface area contributed by atoms with Gasteiger partial charge in [-0.25, -0.2) is 0 Å². The van der Waals surface area contributed by atoms with Gasteiger partial charge >= 0.3 is 0 Å². The Balaban J connectivity index is 1.41. The maximum absolute atomic E-state index is 5.60. The van der Waals surface area contributed by atoms with Crippen LogP contribution in [0, 0.1) is 0 Å². The van der Waals surface area contributed by atoms with Gasteiger partial charge in [0.2, 0.25) is 0 Å². The van der Waals surface area contributed by atoms with Crippen molar-refractivity contribution in [3.8, 4) is 22.9 Å². The molecule has 0 amide bonds. The molecule has 0 aliphatic carbocycles. The number of aromatic nitrogens is 4. The summed E-state index contributed by atoms with van der Waals surface area (Å²) in [5, 5.41) is 8.57. The zero-order valence-corrected chi connectivity index (χ0v) is 20.0. The van der Waals surface area contributed by atoms with E-state index in [4.69, 9.17) is 14.0 Å². The minimum atomic E-state index is 0.0857. The largest absolute Gasteiger partial charge is 0.334 e. The van der Waals surface area contributed by atoms with Gasteiger partial charge in [-0.3, -0.25) is 0 Å². The van der Waals surface area contributed by atoms with Crippen molar-refractivity contribution in [2.24, 2.45) is 0 Å². The third-order valence-corrected chi connectivity index (χ3v) is 6.15. The maximum atomic E-state index is 5.60. The van der Waals surface area contributed by atoms with E-state index in [-0.39, 0.29) is 5.92 Å². The predicted octanol–water partition coefficient (Wildman–Crippen LogP) is 7.64. The van der Waals surface area contributed by atoms with Crippen molar-refractivity contribution in [2.75, 3.05) is 0 Å². The molecule has 0 radical (unpaired) electrons. The monoisotopic (exact) mass is 458 g/mol. The fraction of sp³-hybridized carbons (Fsp3) is 0.429. The van der Waals surface area contributed by atoms with E-state index >= 15 is 0 Å². The van der Waals surface area contributed by atoms with E-state index in [2.05, 4.69) is 22.2 Å². The normalized spacial score (nSPS) is 12.1. The Morgan fingerprint density at radius 1 is 0.647 bits per heavy atom. The lowest BCUT2D eigenvalue weighted by Gasteiger charge is -2.11. The molecule has 0 N–H and O–H groups in total. The van der Waals surface area contributed by atoms with Crippen molar-refractivity contribution < 1.29 is 9.05 Å². The van der Waals surface area contributed by atoms with Crippen molar-refractivity contribution in [1.82, 2.24) is 20.3 Å². The third-order valence-electron chi connectivity index (χ3n) is 6.15. The number of hydrogen-bond donors (Lipinski definition) is 0. The molecule has 2 aromatic carbocycles. The second-order valence-corrected chi connectivity index (χ2v) is 8.87. The Labute approximate surface area is 201 Å². The summed E-state index contributed by atoms with van der Waals surface area (Å²) in [5.74, 6) is 2.57. The first kappa shape index (κ1) is 23.9. The quantitative estimate of drug-likeness (QED) is 0.181. The number of hydrogen-bond acceptors (Lipinski definition) is 6. The number of unbranched alkanes of at least 4 members (excludes halogenated alkanes) is 7. The van der Waals surface area contributed by atoms with E-state index in [9.17, 15) is 0 Å². The van der Waals surface area contributed by atoms with Gasteiger partial charge in [-0.05, 0) is 30.7 Å². The van der Waals surface area contributed by atoms with Crippen LogP contribution >= 0.6 is 0 Å². The molecule has 0 spiro atoms. The van der Waals surface area contributed by atoms with Crippen LogP contribution in [0.2, 0.25) is 0 Å². The standard InChI is InChI=1S/C28H34N4O2/c1-2-3-4-5-6-7-8-11-20-24(26-30-28(34-32-26)23-18-14-10-15-19-23)21-25-29-27(33-31-25)22-16-12-9-13-17-22/h9-10,12-19,24H,2-8,11,20-21H2,1H3. The fourth-order valence-electron chi connectivity index (χ4n) is 4.20. The van der Waals surface area contributed by atoms with Crippen LogP contribution in [0.3, 0.4) is 0 Å². The summed E-state index contributed by atoms with van der Waals surface area (Å²) in [4.78, 5) is 9.36. The molecule has 1 unspecified atom stereocenters. The van der Waals surface area contributed by atoms with Crippen LogP contribution in [-0.4, -0.2) is 20.3 Å². The summed E-state index contributed by atoms with van der Waals surface area (Å²) in [6, 6.07) is 19.7. The maximum Gasteiger partial charge on any atom is 0.257 e. The van der Waals surface area contributed by atoms with Gasteiger partial charge in [-0.1, -0.05) is 105 Å². The van der Waals surface area contributed by atoms with E-state index < -0.39 is 0 Å². The summed E-state index contributed by atoms with van der Waals surface area (Å²) in [7, 11) is 0. The van der Waals surface area contributed by atoms with E-state index in [1.54, 1.807) is 0 Å². The van der Waals surface area contributed by atoms with Gasteiger partial charge in [0.15, 0.2) is 11.6 Å². The van der Waals surface area contributed by atoms with E-state index in [0.717, 1.165) is 24.0 Å². The highest BCUT2D eigenvalue weighted by Crippen LogP contribution is 2.28. The number of benzene rings is 2. The molecule has 2 heterocycles. The molecule has 4 aromatic rings. The third kappa shape index (κ3) is 6.86. The fourth-order valence-corrected chi connectivity index (χ4v) is 4.20. The Hall–Kier alpha value is -3.28. The first-order valence-electron chi connectivity index (χ1n) is 12.6.